The zero-order chi connectivity index (χ0) is 25.8. The van der Waals surface area contributed by atoms with Crippen LogP contribution in [0.1, 0.15) is 86.6 Å². The zero-order valence-electron chi connectivity index (χ0n) is 20.9. The van der Waals surface area contributed by atoms with Gasteiger partial charge >= 0.3 is 10.1 Å². The summed E-state index contributed by atoms with van der Waals surface area (Å²) in [6.07, 6.45) is 1.93. The van der Waals surface area contributed by atoms with Gasteiger partial charge in [0.2, 0.25) is 11.7 Å². The van der Waals surface area contributed by atoms with Gasteiger partial charge in [-0.15, -0.1) is 0 Å². The van der Waals surface area contributed by atoms with Gasteiger partial charge in [-0.25, -0.2) is 4.68 Å². The number of nitrogens with zero attached hydrogens (tertiary/aromatic N) is 3. The molecule has 0 aliphatic carbocycles. The second kappa shape index (κ2) is 10.9. The number of ketones is 1. The van der Waals surface area contributed by atoms with Crippen LogP contribution in [0.25, 0.3) is 5.57 Å². The number of unbranched alkanes of at least 4 members (excludes halogenated alkanes) is 1. The van der Waals surface area contributed by atoms with E-state index in [9.17, 15) is 23.3 Å². The maximum atomic E-state index is 13.8. The number of hydrogen-bond acceptors (Lipinski definition) is 7. The molecule has 0 radical (unpaired) electrons. The van der Waals surface area contributed by atoms with E-state index in [-0.39, 0.29) is 28.4 Å². The van der Waals surface area contributed by atoms with Gasteiger partial charge in [-0.2, -0.15) is 13.5 Å². The molecule has 0 spiro atoms. The summed E-state index contributed by atoms with van der Waals surface area (Å²) >= 11 is 0. The highest BCUT2D eigenvalue weighted by Gasteiger charge is 2.30. The third-order valence-electron chi connectivity index (χ3n) is 5.70. The molecule has 34 heavy (non-hydrogen) atoms. The second-order valence-electron chi connectivity index (χ2n) is 8.53. The van der Waals surface area contributed by atoms with Crippen LogP contribution in [0.15, 0.2) is 17.7 Å². The van der Waals surface area contributed by atoms with E-state index in [1.165, 1.54) is 16.8 Å². The lowest BCUT2D eigenvalue weighted by Crippen LogP contribution is -2.18. The molecule has 2 aromatic rings. The monoisotopic (exact) mass is 491 g/mol. The first-order chi connectivity index (χ1) is 15.9. The molecule has 0 saturated heterocycles. The first-order valence-corrected chi connectivity index (χ1v) is 12.9. The van der Waals surface area contributed by atoms with Crippen molar-refractivity contribution in [3.63, 3.8) is 0 Å². The first-order valence-electron chi connectivity index (χ1n) is 11.3. The van der Waals surface area contributed by atoms with E-state index >= 15 is 0 Å². The van der Waals surface area contributed by atoms with Crippen LogP contribution in [0.2, 0.25) is 0 Å². The Balaban J connectivity index is 2.77. The largest absolute Gasteiger partial charge is 0.361 e. The summed E-state index contributed by atoms with van der Waals surface area (Å²) in [7, 11) is -3.93. The van der Waals surface area contributed by atoms with Crippen LogP contribution in [0.3, 0.4) is 0 Å². The topological polar surface area (TPSA) is 121 Å². The minimum atomic E-state index is -3.93. The number of hydrogen-bond donors (Lipinski definition) is 0. The number of allylic oxidation sites excluding steroid dienone is 2. The van der Waals surface area contributed by atoms with Crippen molar-refractivity contribution < 1.29 is 22.3 Å². The third kappa shape index (κ3) is 5.72. The van der Waals surface area contributed by atoms with Crippen LogP contribution in [0.4, 0.5) is 5.69 Å². The molecule has 0 unspecified atom stereocenters. The quantitative estimate of drug-likeness (QED) is 0.179. The van der Waals surface area contributed by atoms with Crippen molar-refractivity contribution in [2.45, 2.75) is 74.3 Å². The number of carbonyl (C=O) groups excluding carboxylic acids is 1. The molecule has 0 bridgehead atoms. The highest BCUT2D eigenvalue weighted by atomic mass is 32.2. The summed E-state index contributed by atoms with van der Waals surface area (Å²) in [4.78, 5) is 25.0. The van der Waals surface area contributed by atoms with Gasteiger partial charge in [0.05, 0.1) is 21.9 Å². The molecule has 1 aromatic heterocycles. The number of rotatable bonds is 11. The van der Waals surface area contributed by atoms with Gasteiger partial charge < -0.3 is 4.18 Å². The van der Waals surface area contributed by atoms with Crippen molar-refractivity contribution in [1.29, 1.82) is 0 Å². The molecule has 1 heterocycles. The van der Waals surface area contributed by atoms with Gasteiger partial charge in [0.15, 0.2) is 0 Å². The van der Waals surface area contributed by atoms with Crippen LogP contribution < -0.4 is 4.18 Å². The van der Waals surface area contributed by atoms with E-state index in [0.29, 0.717) is 35.4 Å². The van der Waals surface area contributed by atoms with Crippen molar-refractivity contribution in [3.8, 4) is 5.88 Å². The van der Waals surface area contributed by atoms with E-state index in [1.54, 1.807) is 27.7 Å². The molecular weight excluding hydrogens is 458 g/mol. The summed E-state index contributed by atoms with van der Waals surface area (Å²) in [5, 5.41) is 16.1. The highest BCUT2D eigenvalue weighted by Crippen LogP contribution is 2.35. The van der Waals surface area contributed by atoms with E-state index in [1.807, 2.05) is 20.8 Å². The Labute approximate surface area is 201 Å². The van der Waals surface area contributed by atoms with Crippen molar-refractivity contribution in [3.05, 3.63) is 55.8 Å². The summed E-state index contributed by atoms with van der Waals surface area (Å²) < 4.78 is 31.8. The molecular formula is C24H33N3O6S. The average molecular weight is 492 g/mol. The normalized spacial score (nSPS) is 11.4. The van der Waals surface area contributed by atoms with Crippen LogP contribution in [0, 0.1) is 24.0 Å². The Hall–Kier alpha value is -3.01. The van der Waals surface area contributed by atoms with Crippen LogP contribution >= 0.6 is 0 Å². The van der Waals surface area contributed by atoms with Crippen molar-refractivity contribution in [2.24, 2.45) is 0 Å². The SMILES string of the molecule is CCCCn1nc(C)c(C(=O)c2ccc([N+](=O)[O-])c(C(C)=C(C)C)c2C)c1OS(=O)(=O)CCC. The minimum absolute atomic E-state index is 0.0496. The number of nitro groups is 1. The molecule has 2 rings (SSSR count). The second-order valence-corrected chi connectivity index (χ2v) is 10.2. The maximum Gasteiger partial charge on any atom is 0.310 e. The van der Waals surface area contributed by atoms with Crippen molar-refractivity contribution in [1.82, 2.24) is 9.78 Å². The third-order valence-corrected chi connectivity index (χ3v) is 7.02. The minimum Gasteiger partial charge on any atom is -0.361 e. The van der Waals surface area contributed by atoms with Gasteiger partial charge in [0.1, 0.15) is 5.56 Å². The number of carbonyl (C=O) groups is 1. The highest BCUT2D eigenvalue weighted by molar-refractivity contribution is 7.87. The molecule has 0 aliphatic heterocycles. The summed E-state index contributed by atoms with van der Waals surface area (Å²) in [5.41, 5.74) is 2.94. The van der Waals surface area contributed by atoms with Gasteiger partial charge in [-0.1, -0.05) is 25.8 Å². The molecule has 0 aliphatic rings. The Kier molecular flexibility index (Phi) is 8.77. The predicted octanol–water partition coefficient (Wildman–Crippen LogP) is 5.37. The van der Waals surface area contributed by atoms with Gasteiger partial charge in [-0.3, -0.25) is 14.9 Å². The molecule has 0 amide bonds. The fraction of sp³-hybridized carbons (Fsp3) is 0.500. The molecule has 186 valence electrons. The number of aromatic nitrogens is 2. The van der Waals surface area contributed by atoms with Gasteiger partial charge in [0.25, 0.3) is 5.69 Å². The molecule has 10 heteroatoms. The molecule has 0 N–H and O–H groups in total. The Bertz CT molecular complexity index is 1240. The summed E-state index contributed by atoms with van der Waals surface area (Å²) in [6, 6.07) is 2.72. The fourth-order valence-corrected chi connectivity index (χ4v) is 4.72. The van der Waals surface area contributed by atoms with Gasteiger partial charge in [-0.05, 0) is 64.7 Å². The summed E-state index contributed by atoms with van der Waals surface area (Å²) in [5.74, 6) is -0.793. The zero-order valence-corrected chi connectivity index (χ0v) is 21.7. The molecule has 0 saturated carbocycles. The van der Waals surface area contributed by atoms with Crippen molar-refractivity contribution in [2.75, 3.05) is 5.75 Å². The Morgan fingerprint density at radius 1 is 1.12 bits per heavy atom. The van der Waals surface area contributed by atoms with Crippen LogP contribution in [-0.4, -0.2) is 34.7 Å². The molecule has 0 atom stereocenters. The van der Waals surface area contributed by atoms with Gasteiger partial charge in [0, 0.05) is 18.2 Å². The van der Waals surface area contributed by atoms with Crippen LogP contribution in [0.5, 0.6) is 5.88 Å². The summed E-state index contributed by atoms with van der Waals surface area (Å²) in [6.45, 7) is 12.9. The molecule has 0 fully saturated rings. The van der Waals surface area contributed by atoms with Crippen molar-refractivity contribution >= 4 is 27.2 Å². The molecule has 1 aromatic carbocycles. The number of benzene rings is 1. The lowest BCUT2D eigenvalue weighted by Gasteiger charge is -2.14. The number of nitro benzene ring substituents is 1. The maximum absolute atomic E-state index is 13.8. The first kappa shape index (κ1) is 27.2. The van der Waals surface area contributed by atoms with E-state index < -0.39 is 20.8 Å². The smallest absolute Gasteiger partial charge is 0.310 e. The van der Waals surface area contributed by atoms with E-state index in [4.69, 9.17) is 4.18 Å². The van der Waals surface area contributed by atoms with Crippen LogP contribution in [-0.2, 0) is 16.7 Å². The Morgan fingerprint density at radius 3 is 2.29 bits per heavy atom. The Morgan fingerprint density at radius 2 is 1.76 bits per heavy atom. The lowest BCUT2D eigenvalue weighted by molar-refractivity contribution is -0.385. The van der Waals surface area contributed by atoms with E-state index in [2.05, 4.69) is 5.10 Å². The van der Waals surface area contributed by atoms with E-state index in [0.717, 1.165) is 18.4 Å². The lowest BCUT2D eigenvalue weighted by atomic mass is 9.90. The molecule has 9 nitrogen and oxygen atoms in total. The predicted molar refractivity (Wildman–Crippen MR) is 132 cm³/mol. The average Bonchev–Trinajstić information content (AvgIpc) is 3.04. The fourth-order valence-electron chi connectivity index (χ4n) is 3.73. The number of aryl methyl sites for hydroxylation is 2. The standard InChI is InChI=1S/C24H33N3O6S/c1-8-10-13-26-24(33-34(31,32)14-9-2)22(18(7)25-26)23(28)19-11-12-20(27(29)30)21(17(19)6)16(5)15(3)4/h11-12H,8-10,13-14H2,1-7H3.